The zero-order valence-corrected chi connectivity index (χ0v) is 19.9. The molecule has 9 heteroatoms. The SMILES string of the molecule is CCCC(C)(NC(=O)c1c(NC(=O)OCC2c3ccccc3-c3ccccc32)cnn1C)C(=O)O. The van der Waals surface area contributed by atoms with Gasteiger partial charge in [0.25, 0.3) is 5.91 Å². The number of carbonyl (C=O) groups is 3. The highest BCUT2D eigenvalue weighted by molar-refractivity contribution is 6.03. The molecule has 0 saturated carbocycles. The van der Waals surface area contributed by atoms with Gasteiger partial charge in [0.2, 0.25) is 0 Å². The van der Waals surface area contributed by atoms with Crippen molar-refractivity contribution in [3.05, 3.63) is 71.5 Å². The molecule has 9 nitrogen and oxygen atoms in total. The van der Waals surface area contributed by atoms with Gasteiger partial charge < -0.3 is 15.2 Å². The van der Waals surface area contributed by atoms with Crippen LogP contribution < -0.4 is 10.6 Å². The average Bonchev–Trinajstić information content (AvgIpc) is 3.35. The monoisotopic (exact) mass is 476 g/mol. The first kappa shape index (κ1) is 24.0. The maximum Gasteiger partial charge on any atom is 0.411 e. The van der Waals surface area contributed by atoms with E-state index in [0.717, 1.165) is 22.3 Å². The van der Waals surface area contributed by atoms with Crippen LogP contribution in [0.25, 0.3) is 11.1 Å². The molecule has 1 aromatic heterocycles. The summed E-state index contributed by atoms with van der Waals surface area (Å²) in [6.45, 7) is 3.41. The van der Waals surface area contributed by atoms with Crippen LogP contribution in [0.4, 0.5) is 10.5 Å². The van der Waals surface area contributed by atoms with Crippen molar-refractivity contribution in [3.8, 4) is 11.1 Å². The summed E-state index contributed by atoms with van der Waals surface area (Å²) >= 11 is 0. The van der Waals surface area contributed by atoms with Crippen LogP contribution in [0.15, 0.2) is 54.7 Å². The van der Waals surface area contributed by atoms with Crippen molar-refractivity contribution in [3.63, 3.8) is 0 Å². The lowest BCUT2D eigenvalue weighted by Gasteiger charge is -2.26. The predicted molar refractivity (Wildman–Crippen MR) is 130 cm³/mol. The Kier molecular flexibility index (Phi) is 6.59. The van der Waals surface area contributed by atoms with Gasteiger partial charge in [-0.3, -0.25) is 14.8 Å². The zero-order valence-electron chi connectivity index (χ0n) is 19.9. The molecule has 35 heavy (non-hydrogen) atoms. The summed E-state index contributed by atoms with van der Waals surface area (Å²) in [5.41, 5.74) is 3.14. The van der Waals surface area contributed by atoms with E-state index in [0.29, 0.717) is 6.42 Å². The average molecular weight is 477 g/mol. The summed E-state index contributed by atoms with van der Waals surface area (Å²) in [6.07, 6.45) is 1.41. The molecule has 1 aliphatic rings. The molecule has 0 bridgehead atoms. The minimum absolute atomic E-state index is 0.0297. The fourth-order valence-corrected chi connectivity index (χ4v) is 4.58. The van der Waals surface area contributed by atoms with E-state index in [1.54, 1.807) is 0 Å². The molecule has 0 fully saturated rings. The second-order valence-electron chi connectivity index (χ2n) is 8.82. The number of hydrogen-bond donors (Lipinski definition) is 3. The number of fused-ring (bicyclic) bond motifs is 3. The van der Waals surface area contributed by atoms with Crippen LogP contribution in [0.3, 0.4) is 0 Å². The Morgan fingerprint density at radius 2 is 1.69 bits per heavy atom. The van der Waals surface area contributed by atoms with Gasteiger partial charge in [0.15, 0.2) is 0 Å². The molecular formula is C26H28N4O5. The van der Waals surface area contributed by atoms with Gasteiger partial charge >= 0.3 is 12.1 Å². The van der Waals surface area contributed by atoms with Gasteiger partial charge in [-0.15, -0.1) is 0 Å². The number of aryl methyl sites for hydroxylation is 1. The van der Waals surface area contributed by atoms with E-state index in [9.17, 15) is 19.5 Å². The second kappa shape index (κ2) is 9.61. The van der Waals surface area contributed by atoms with Crippen molar-refractivity contribution >= 4 is 23.7 Å². The first-order chi connectivity index (χ1) is 16.7. The van der Waals surface area contributed by atoms with E-state index >= 15 is 0 Å². The van der Waals surface area contributed by atoms with Gasteiger partial charge in [0, 0.05) is 13.0 Å². The number of carboxylic acids is 1. The van der Waals surface area contributed by atoms with E-state index in [1.807, 2.05) is 43.3 Å². The molecule has 1 atom stereocenters. The summed E-state index contributed by atoms with van der Waals surface area (Å²) < 4.78 is 6.83. The minimum Gasteiger partial charge on any atom is -0.480 e. The molecule has 1 heterocycles. The quantitative estimate of drug-likeness (QED) is 0.449. The van der Waals surface area contributed by atoms with Crippen LogP contribution in [0.2, 0.25) is 0 Å². The standard InChI is InChI=1S/C26H28N4O5/c1-4-13-26(2,24(32)33)29-23(31)22-21(14-27-30(22)3)28-25(34)35-15-20-18-11-7-5-9-16(18)17-10-6-8-12-19(17)20/h5-12,14,20H,4,13,15H2,1-3H3,(H,28,34)(H,29,31)(H,32,33). The topological polar surface area (TPSA) is 123 Å². The van der Waals surface area contributed by atoms with Crippen molar-refractivity contribution < 1.29 is 24.2 Å². The highest BCUT2D eigenvalue weighted by atomic mass is 16.5. The Balaban J connectivity index is 1.47. The maximum atomic E-state index is 12.9. The molecule has 0 aliphatic heterocycles. The molecule has 2 amide bonds. The van der Waals surface area contributed by atoms with Gasteiger partial charge in [0.1, 0.15) is 17.8 Å². The van der Waals surface area contributed by atoms with E-state index in [2.05, 4.69) is 27.9 Å². The number of aliphatic carboxylic acids is 1. The Hall–Kier alpha value is -4.14. The van der Waals surface area contributed by atoms with Crippen LogP contribution in [-0.4, -0.2) is 45.0 Å². The Labute approximate surface area is 203 Å². The zero-order chi connectivity index (χ0) is 25.2. The summed E-state index contributed by atoms with van der Waals surface area (Å²) in [5.74, 6) is -1.90. The Morgan fingerprint density at radius 3 is 2.26 bits per heavy atom. The smallest absolute Gasteiger partial charge is 0.411 e. The lowest BCUT2D eigenvalue weighted by Crippen LogP contribution is -2.52. The van der Waals surface area contributed by atoms with E-state index in [-0.39, 0.29) is 30.3 Å². The summed E-state index contributed by atoms with van der Waals surface area (Å²) in [6, 6.07) is 16.0. The van der Waals surface area contributed by atoms with Crippen LogP contribution in [0.1, 0.15) is 54.2 Å². The van der Waals surface area contributed by atoms with Crippen LogP contribution >= 0.6 is 0 Å². The molecule has 182 valence electrons. The maximum absolute atomic E-state index is 12.9. The van der Waals surface area contributed by atoms with Crippen molar-refractivity contribution in [1.82, 2.24) is 15.1 Å². The lowest BCUT2D eigenvalue weighted by molar-refractivity contribution is -0.144. The fourth-order valence-electron chi connectivity index (χ4n) is 4.58. The summed E-state index contributed by atoms with van der Waals surface area (Å²) in [7, 11) is 1.54. The van der Waals surface area contributed by atoms with Crippen LogP contribution in [0.5, 0.6) is 0 Å². The third kappa shape index (κ3) is 4.62. The number of aromatic nitrogens is 2. The number of carboxylic acid groups (broad SMARTS) is 1. The first-order valence-corrected chi connectivity index (χ1v) is 11.4. The van der Waals surface area contributed by atoms with E-state index in [1.165, 1.54) is 24.9 Å². The van der Waals surface area contributed by atoms with Crippen molar-refractivity contribution in [2.45, 2.75) is 38.1 Å². The fraction of sp³-hybridized carbons (Fsp3) is 0.308. The van der Waals surface area contributed by atoms with Gasteiger partial charge in [0.05, 0.1) is 11.9 Å². The molecule has 0 radical (unpaired) electrons. The number of hydrogen-bond acceptors (Lipinski definition) is 5. The van der Waals surface area contributed by atoms with Gasteiger partial charge in [-0.1, -0.05) is 61.9 Å². The second-order valence-corrected chi connectivity index (χ2v) is 8.82. The minimum atomic E-state index is -1.45. The molecule has 4 rings (SSSR count). The highest BCUT2D eigenvalue weighted by Crippen LogP contribution is 2.44. The predicted octanol–water partition coefficient (Wildman–Crippen LogP) is 4.15. The van der Waals surface area contributed by atoms with Crippen LogP contribution in [-0.2, 0) is 16.6 Å². The first-order valence-electron chi connectivity index (χ1n) is 11.4. The third-order valence-corrected chi connectivity index (χ3v) is 6.35. The number of rotatable bonds is 8. The molecule has 0 spiro atoms. The molecule has 3 N–H and O–H groups in total. The van der Waals surface area contributed by atoms with Crippen molar-refractivity contribution in [1.29, 1.82) is 0 Å². The Morgan fingerprint density at radius 1 is 1.09 bits per heavy atom. The Bertz CT molecular complexity index is 1240. The molecule has 3 aromatic rings. The number of nitrogens with zero attached hydrogens (tertiary/aromatic N) is 2. The number of carbonyl (C=O) groups excluding carboxylic acids is 2. The van der Waals surface area contributed by atoms with E-state index in [4.69, 9.17) is 4.74 Å². The largest absolute Gasteiger partial charge is 0.480 e. The number of amides is 2. The number of nitrogens with one attached hydrogen (secondary N) is 2. The number of anilines is 1. The molecule has 1 aliphatic carbocycles. The molecular weight excluding hydrogens is 448 g/mol. The number of benzene rings is 2. The van der Waals surface area contributed by atoms with Crippen molar-refractivity contribution in [2.75, 3.05) is 11.9 Å². The third-order valence-electron chi connectivity index (χ3n) is 6.35. The van der Waals surface area contributed by atoms with E-state index < -0.39 is 23.5 Å². The number of ether oxygens (including phenoxy) is 1. The highest BCUT2D eigenvalue weighted by Gasteiger charge is 2.36. The normalized spacial score (nSPS) is 13.9. The van der Waals surface area contributed by atoms with Gasteiger partial charge in [-0.2, -0.15) is 5.10 Å². The van der Waals surface area contributed by atoms with Gasteiger partial charge in [-0.05, 0) is 35.6 Å². The van der Waals surface area contributed by atoms with Crippen LogP contribution in [0, 0.1) is 0 Å². The summed E-state index contributed by atoms with van der Waals surface area (Å²) in [4.78, 5) is 37.3. The van der Waals surface area contributed by atoms with Gasteiger partial charge in [-0.25, -0.2) is 9.59 Å². The lowest BCUT2D eigenvalue weighted by atomic mass is 9.96. The molecule has 2 aromatic carbocycles. The summed E-state index contributed by atoms with van der Waals surface area (Å²) in [5, 5.41) is 18.8. The van der Waals surface area contributed by atoms with Crippen molar-refractivity contribution in [2.24, 2.45) is 7.05 Å². The molecule has 0 saturated heterocycles. The molecule has 1 unspecified atom stereocenters.